The number of nitrogens with one attached hydrogen (secondary N) is 2. The quantitative estimate of drug-likeness (QED) is 0.656. The number of aromatic nitrogens is 2. The molecule has 0 aliphatic heterocycles. The van der Waals surface area contributed by atoms with Crippen LogP contribution in [0.2, 0.25) is 0 Å². The van der Waals surface area contributed by atoms with Crippen molar-refractivity contribution in [3.8, 4) is 5.75 Å². The maximum Gasteiger partial charge on any atom is 0.271 e. The van der Waals surface area contributed by atoms with E-state index >= 15 is 0 Å². The van der Waals surface area contributed by atoms with Gasteiger partial charge in [-0.3, -0.25) is 4.79 Å². The van der Waals surface area contributed by atoms with Gasteiger partial charge in [-0.2, -0.15) is 0 Å². The first-order valence-electron chi connectivity index (χ1n) is 9.13. The largest absolute Gasteiger partial charge is 0.497 e. The second kappa shape index (κ2) is 8.99. The Balaban J connectivity index is 1.53. The zero-order valence-electron chi connectivity index (χ0n) is 16.3. The molecule has 28 heavy (non-hydrogen) atoms. The molecule has 3 aromatic rings. The molecular weight excluding hydrogens is 352 g/mol. The number of aryl methyl sites for hydroxylation is 1. The number of nitrogens with zero attached hydrogens (tertiary/aromatic N) is 2. The smallest absolute Gasteiger partial charge is 0.271 e. The van der Waals surface area contributed by atoms with Gasteiger partial charge in [0.05, 0.1) is 19.5 Å². The van der Waals surface area contributed by atoms with Gasteiger partial charge in [0.15, 0.2) is 0 Å². The van der Waals surface area contributed by atoms with E-state index in [1.165, 1.54) is 11.8 Å². The Hall–Kier alpha value is -3.41. The van der Waals surface area contributed by atoms with Crippen LogP contribution in [-0.2, 0) is 6.42 Å². The summed E-state index contributed by atoms with van der Waals surface area (Å²) in [4.78, 5) is 20.8. The molecule has 6 nitrogen and oxygen atoms in total. The van der Waals surface area contributed by atoms with Gasteiger partial charge in [0.25, 0.3) is 5.91 Å². The van der Waals surface area contributed by atoms with Crippen LogP contribution in [0.5, 0.6) is 5.75 Å². The van der Waals surface area contributed by atoms with Crippen molar-refractivity contribution in [2.45, 2.75) is 20.3 Å². The third kappa shape index (κ3) is 4.85. The van der Waals surface area contributed by atoms with E-state index in [0.29, 0.717) is 18.1 Å². The van der Waals surface area contributed by atoms with Gasteiger partial charge >= 0.3 is 0 Å². The summed E-state index contributed by atoms with van der Waals surface area (Å²) in [5.74, 6) is 1.18. The second-order valence-corrected chi connectivity index (χ2v) is 6.51. The number of ether oxygens (including phenoxy) is 1. The van der Waals surface area contributed by atoms with E-state index in [0.717, 1.165) is 29.0 Å². The van der Waals surface area contributed by atoms with Crippen molar-refractivity contribution in [2.24, 2.45) is 0 Å². The Morgan fingerprint density at radius 3 is 2.50 bits per heavy atom. The summed E-state index contributed by atoms with van der Waals surface area (Å²) in [6.07, 6.45) is 3.78. The Morgan fingerprint density at radius 1 is 1.04 bits per heavy atom. The number of anilines is 2. The number of rotatable bonds is 7. The fourth-order valence-corrected chi connectivity index (χ4v) is 2.74. The predicted octanol–water partition coefficient (Wildman–Crippen LogP) is 3.82. The van der Waals surface area contributed by atoms with Crippen molar-refractivity contribution < 1.29 is 9.53 Å². The van der Waals surface area contributed by atoms with Gasteiger partial charge in [-0.25, -0.2) is 9.97 Å². The average molecular weight is 376 g/mol. The van der Waals surface area contributed by atoms with Crippen molar-refractivity contribution in [1.82, 2.24) is 15.3 Å². The van der Waals surface area contributed by atoms with Crippen molar-refractivity contribution in [1.29, 1.82) is 0 Å². The van der Waals surface area contributed by atoms with Crippen molar-refractivity contribution in [2.75, 3.05) is 19.0 Å². The summed E-state index contributed by atoms with van der Waals surface area (Å²) in [5.41, 5.74) is 4.75. The lowest BCUT2D eigenvalue weighted by molar-refractivity contribution is 0.0949. The van der Waals surface area contributed by atoms with Gasteiger partial charge in [-0.15, -0.1) is 0 Å². The minimum absolute atomic E-state index is 0.237. The molecule has 144 valence electrons. The third-order valence-corrected chi connectivity index (χ3v) is 4.61. The average Bonchev–Trinajstić information content (AvgIpc) is 2.72. The molecule has 1 amide bonds. The van der Waals surface area contributed by atoms with E-state index < -0.39 is 0 Å². The van der Waals surface area contributed by atoms with E-state index in [2.05, 4.69) is 40.5 Å². The van der Waals surface area contributed by atoms with E-state index in [1.54, 1.807) is 13.3 Å². The zero-order valence-corrected chi connectivity index (χ0v) is 16.3. The molecule has 0 radical (unpaired) electrons. The van der Waals surface area contributed by atoms with Crippen molar-refractivity contribution in [3.63, 3.8) is 0 Å². The minimum atomic E-state index is -0.237. The second-order valence-electron chi connectivity index (χ2n) is 6.51. The first-order valence-corrected chi connectivity index (χ1v) is 9.13. The molecule has 0 saturated heterocycles. The predicted molar refractivity (Wildman–Crippen MR) is 110 cm³/mol. The summed E-state index contributed by atoms with van der Waals surface area (Å²) in [5, 5.41) is 6.11. The van der Waals surface area contributed by atoms with Gasteiger partial charge in [-0.1, -0.05) is 24.3 Å². The molecule has 0 atom stereocenters. The lowest BCUT2D eigenvalue weighted by Gasteiger charge is -2.11. The monoisotopic (exact) mass is 376 g/mol. The molecular formula is C22H24N4O2. The Labute approximate surface area is 165 Å². The first kappa shape index (κ1) is 19.4. The van der Waals surface area contributed by atoms with Crippen molar-refractivity contribution in [3.05, 3.63) is 77.2 Å². The van der Waals surface area contributed by atoms with E-state index in [-0.39, 0.29) is 5.91 Å². The molecule has 0 saturated carbocycles. The Bertz CT molecular complexity index is 938. The SMILES string of the molecule is COc1ccc(CCNC(=O)c2cnc(Nc3cccc(C)c3C)cn2)cc1. The highest BCUT2D eigenvalue weighted by atomic mass is 16.5. The van der Waals surface area contributed by atoms with Crippen LogP contribution >= 0.6 is 0 Å². The Morgan fingerprint density at radius 2 is 1.82 bits per heavy atom. The number of methoxy groups -OCH3 is 1. The first-order chi connectivity index (χ1) is 13.6. The van der Waals surface area contributed by atoms with Crippen LogP contribution in [-0.4, -0.2) is 29.5 Å². The van der Waals surface area contributed by atoms with Crippen LogP contribution in [0.15, 0.2) is 54.9 Å². The standard InChI is InChI=1S/C22H24N4O2/c1-15-5-4-6-19(16(15)2)26-21-14-24-20(13-25-21)22(27)23-12-11-17-7-9-18(28-3)10-8-17/h4-10,13-14H,11-12H2,1-3H3,(H,23,27)(H,25,26). The summed E-state index contributed by atoms with van der Waals surface area (Å²) >= 11 is 0. The topological polar surface area (TPSA) is 76.1 Å². The van der Waals surface area contributed by atoms with E-state index in [9.17, 15) is 4.79 Å². The van der Waals surface area contributed by atoms with Crippen LogP contribution in [0.4, 0.5) is 11.5 Å². The molecule has 0 aliphatic rings. The summed E-state index contributed by atoms with van der Waals surface area (Å²) in [6.45, 7) is 4.64. The molecule has 0 fully saturated rings. The number of hydrogen-bond donors (Lipinski definition) is 2. The number of hydrogen-bond acceptors (Lipinski definition) is 5. The summed E-state index contributed by atoms with van der Waals surface area (Å²) in [7, 11) is 1.64. The maximum absolute atomic E-state index is 12.2. The molecule has 2 aromatic carbocycles. The minimum Gasteiger partial charge on any atom is -0.497 e. The van der Waals surface area contributed by atoms with Crippen LogP contribution in [0.1, 0.15) is 27.2 Å². The maximum atomic E-state index is 12.2. The van der Waals surface area contributed by atoms with Gasteiger partial charge < -0.3 is 15.4 Å². The fraction of sp³-hybridized carbons (Fsp3) is 0.227. The third-order valence-electron chi connectivity index (χ3n) is 4.61. The van der Waals surface area contributed by atoms with E-state index in [1.807, 2.05) is 36.4 Å². The highest BCUT2D eigenvalue weighted by molar-refractivity contribution is 5.92. The lowest BCUT2D eigenvalue weighted by atomic mass is 10.1. The highest BCUT2D eigenvalue weighted by Gasteiger charge is 2.08. The molecule has 0 aliphatic carbocycles. The molecule has 1 aromatic heterocycles. The van der Waals surface area contributed by atoms with Crippen LogP contribution in [0, 0.1) is 13.8 Å². The van der Waals surface area contributed by atoms with Crippen LogP contribution in [0.3, 0.4) is 0 Å². The summed E-state index contributed by atoms with van der Waals surface area (Å²) < 4.78 is 5.14. The molecule has 6 heteroatoms. The number of amides is 1. The van der Waals surface area contributed by atoms with Gasteiger partial charge in [0, 0.05) is 12.2 Å². The van der Waals surface area contributed by atoms with Gasteiger partial charge in [0.2, 0.25) is 0 Å². The van der Waals surface area contributed by atoms with Gasteiger partial charge in [-0.05, 0) is 55.2 Å². The molecule has 0 spiro atoms. The number of carbonyl (C=O) groups is 1. The molecule has 3 rings (SSSR count). The lowest BCUT2D eigenvalue weighted by Crippen LogP contribution is -2.26. The molecule has 0 bridgehead atoms. The normalized spacial score (nSPS) is 10.4. The fourth-order valence-electron chi connectivity index (χ4n) is 2.74. The molecule has 0 unspecified atom stereocenters. The van der Waals surface area contributed by atoms with Crippen LogP contribution in [0.25, 0.3) is 0 Å². The zero-order chi connectivity index (χ0) is 19.9. The van der Waals surface area contributed by atoms with E-state index in [4.69, 9.17) is 4.74 Å². The molecule has 1 heterocycles. The molecule has 2 N–H and O–H groups in total. The highest BCUT2D eigenvalue weighted by Crippen LogP contribution is 2.21. The van der Waals surface area contributed by atoms with Crippen LogP contribution < -0.4 is 15.4 Å². The van der Waals surface area contributed by atoms with Crippen molar-refractivity contribution >= 4 is 17.4 Å². The Kier molecular flexibility index (Phi) is 6.22. The summed E-state index contributed by atoms with van der Waals surface area (Å²) in [6, 6.07) is 13.8. The number of benzene rings is 2. The number of carbonyl (C=O) groups excluding carboxylic acids is 1. The van der Waals surface area contributed by atoms with Gasteiger partial charge in [0.1, 0.15) is 17.3 Å².